The first kappa shape index (κ1) is 16.6. The quantitative estimate of drug-likeness (QED) is 0.629. The lowest BCUT2D eigenvalue weighted by Crippen LogP contribution is -2.46. The zero-order valence-corrected chi connectivity index (χ0v) is 11.4. The van der Waals surface area contributed by atoms with Crippen molar-refractivity contribution in [1.82, 2.24) is 15.5 Å². The predicted molar refractivity (Wildman–Crippen MR) is 70.7 cm³/mol. The summed E-state index contributed by atoms with van der Waals surface area (Å²) in [5.41, 5.74) is 0. The summed E-state index contributed by atoms with van der Waals surface area (Å²) in [7, 11) is 1.66. The number of piperazine rings is 1. The number of amides is 1. The van der Waals surface area contributed by atoms with E-state index in [0.29, 0.717) is 13.0 Å². The van der Waals surface area contributed by atoms with Gasteiger partial charge in [-0.25, -0.2) is 0 Å². The molecule has 102 valence electrons. The van der Waals surface area contributed by atoms with Crippen LogP contribution in [0.15, 0.2) is 0 Å². The number of hydrogen-bond acceptors (Lipinski definition) is 4. The number of halogens is 1. The minimum Gasteiger partial charge on any atom is -0.385 e. The molecule has 0 bridgehead atoms. The Morgan fingerprint density at radius 3 is 2.76 bits per heavy atom. The molecule has 17 heavy (non-hydrogen) atoms. The van der Waals surface area contributed by atoms with Gasteiger partial charge in [0.25, 0.3) is 0 Å². The molecule has 1 heterocycles. The Morgan fingerprint density at radius 2 is 2.12 bits per heavy atom. The van der Waals surface area contributed by atoms with Crippen LogP contribution in [0.2, 0.25) is 0 Å². The molecule has 1 fully saturated rings. The third-order valence-corrected chi connectivity index (χ3v) is 2.71. The van der Waals surface area contributed by atoms with Crippen molar-refractivity contribution in [2.75, 3.05) is 53.0 Å². The fourth-order valence-corrected chi connectivity index (χ4v) is 1.75. The average Bonchev–Trinajstić information content (AvgIpc) is 2.31. The monoisotopic (exact) mass is 265 g/mol. The Morgan fingerprint density at radius 1 is 1.41 bits per heavy atom. The molecule has 0 unspecified atom stereocenters. The van der Waals surface area contributed by atoms with Crippen LogP contribution < -0.4 is 10.6 Å². The Labute approximate surface area is 110 Å². The van der Waals surface area contributed by atoms with Gasteiger partial charge < -0.3 is 15.4 Å². The Kier molecular flexibility index (Phi) is 10.5. The summed E-state index contributed by atoms with van der Waals surface area (Å²) in [5.74, 6) is 0.132. The minimum absolute atomic E-state index is 0. The summed E-state index contributed by atoms with van der Waals surface area (Å²) in [6, 6.07) is 0. The first-order valence-electron chi connectivity index (χ1n) is 6.01. The molecule has 0 aromatic carbocycles. The predicted octanol–water partition coefficient (Wildman–Crippen LogP) is -0.144. The van der Waals surface area contributed by atoms with Gasteiger partial charge in [0, 0.05) is 59.4 Å². The molecule has 0 aliphatic carbocycles. The SMILES string of the molecule is COCCCC(=O)NCCN1CCNCC1.Cl. The van der Waals surface area contributed by atoms with Crippen molar-refractivity contribution in [2.24, 2.45) is 0 Å². The van der Waals surface area contributed by atoms with Crippen molar-refractivity contribution >= 4 is 18.3 Å². The van der Waals surface area contributed by atoms with Gasteiger partial charge in [-0.05, 0) is 6.42 Å². The van der Waals surface area contributed by atoms with Crippen LogP contribution in [0.1, 0.15) is 12.8 Å². The molecule has 5 nitrogen and oxygen atoms in total. The minimum atomic E-state index is 0. The van der Waals surface area contributed by atoms with E-state index in [1.807, 2.05) is 0 Å². The molecule has 1 rings (SSSR count). The van der Waals surface area contributed by atoms with E-state index in [1.165, 1.54) is 0 Å². The number of rotatable bonds is 7. The van der Waals surface area contributed by atoms with Gasteiger partial charge in [0.2, 0.25) is 5.91 Å². The van der Waals surface area contributed by atoms with Crippen LogP contribution in [0.25, 0.3) is 0 Å². The van der Waals surface area contributed by atoms with E-state index in [2.05, 4.69) is 15.5 Å². The van der Waals surface area contributed by atoms with Crippen molar-refractivity contribution in [3.8, 4) is 0 Å². The lowest BCUT2D eigenvalue weighted by molar-refractivity contribution is -0.121. The normalized spacial score (nSPS) is 16.3. The second kappa shape index (κ2) is 10.8. The van der Waals surface area contributed by atoms with Gasteiger partial charge >= 0.3 is 0 Å². The molecule has 0 radical (unpaired) electrons. The van der Waals surface area contributed by atoms with Gasteiger partial charge in [-0.2, -0.15) is 0 Å². The Hall–Kier alpha value is -0.360. The molecular weight excluding hydrogens is 242 g/mol. The van der Waals surface area contributed by atoms with Gasteiger partial charge in [0.15, 0.2) is 0 Å². The summed E-state index contributed by atoms with van der Waals surface area (Å²) in [6.45, 7) is 6.65. The van der Waals surface area contributed by atoms with E-state index in [9.17, 15) is 4.79 Å². The van der Waals surface area contributed by atoms with E-state index in [4.69, 9.17) is 4.74 Å². The first-order chi connectivity index (χ1) is 7.83. The molecule has 1 aliphatic heterocycles. The number of nitrogens with zero attached hydrogens (tertiary/aromatic N) is 1. The highest BCUT2D eigenvalue weighted by Crippen LogP contribution is 1.91. The topological polar surface area (TPSA) is 53.6 Å². The van der Waals surface area contributed by atoms with Crippen molar-refractivity contribution in [2.45, 2.75) is 12.8 Å². The molecule has 1 amide bonds. The van der Waals surface area contributed by atoms with E-state index in [0.717, 1.165) is 45.7 Å². The van der Waals surface area contributed by atoms with Crippen LogP contribution in [-0.4, -0.2) is 63.8 Å². The Balaban J connectivity index is 0.00000256. The molecule has 0 saturated carbocycles. The van der Waals surface area contributed by atoms with Gasteiger partial charge in [-0.15, -0.1) is 12.4 Å². The third-order valence-electron chi connectivity index (χ3n) is 2.71. The maximum atomic E-state index is 11.4. The van der Waals surface area contributed by atoms with Crippen LogP contribution in [0.4, 0.5) is 0 Å². The van der Waals surface area contributed by atoms with Crippen LogP contribution in [0.5, 0.6) is 0 Å². The van der Waals surface area contributed by atoms with Crippen molar-refractivity contribution in [3.05, 3.63) is 0 Å². The van der Waals surface area contributed by atoms with Gasteiger partial charge in [0.1, 0.15) is 0 Å². The maximum Gasteiger partial charge on any atom is 0.220 e. The molecular formula is C11H24ClN3O2. The molecule has 1 aliphatic rings. The van der Waals surface area contributed by atoms with Crippen molar-refractivity contribution < 1.29 is 9.53 Å². The van der Waals surface area contributed by atoms with Gasteiger partial charge in [-0.1, -0.05) is 0 Å². The number of carbonyl (C=O) groups excluding carboxylic acids is 1. The largest absolute Gasteiger partial charge is 0.385 e. The van der Waals surface area contributed by atoms with E-state index >= 15 is 0 Å². The molecule has 0 atom stereocenters. The standard InChI is InChI=1S/C11H23N3O2.ClH/c1-16-10-2-3-11(15)13-6-9-14-7-4-12-5-8-14;/h12H,2-10H2,1H3,(H,13,15);1H. The van der Waals surface area contributed by atoms with Crippen molar-refractivity contribution in [3.63, 3.8) is 0 Å². The molecule has 0 spiro atoms. The van der Waals surface area contributed by atoms with Crippen LogP contribution in [-0.2, 0) is 9.53 Å². The summed E-state index contributed by atoms with van der Waals surface area (Å²) < 4.78 is 4.90. The summed E-state index contributed by atoms with van der Waals surface area (Å²) in [4.78, 5) is 13.7. The van der Waals surface area contributed by atoms with Crippen LogP contribution in [0, 0.1) is 0 Å². The highest BCUT2D eigenvalue weighted by atomic mass is 35.5. The number of hydrogen-bond donors (Lipinski definition) is 2. The van der Waals surface area contributed by atoms with Gasteiger partial charge in [-0.3, -0.25) is 9.69 Å². The molecule has 6 heteroatoms. The maximum absolute atomic E-state index is 11.4. The van der Waals surface area contributed by atoms with E-state index < -0.39 is 0 Å². The van der Waals surface area contributed by atoms with E-state index in [-0.39, 0.29) is 18.3 Å². The third kappa shape index (κ3) is 8.37. The smallest absolute Gasteiger partial charge is 0.220 e. The number of ether oxygens (including phenoxy) is 1. The highest BCUT2D eigenvalue weighted by molar-refractivity contribution is 5.85. The first-order valence-corrected chi connectivity index (χ1v) is 6.01. The molecule has 1 saturated heterocycles. The summed E-state index contributed by atoms with van der Waals surface area (Å²) >= 11 is 0. The zero-order chi connectivity index (χ0) is 11.6. The fourth-order valence-electron chi connectivity index (χ4n) is 1.75. The lowest BCUT2D eigenvalue weighted by atomic mass is 10.3. The molecule has 0 aromatic rings. The second-order valence-electron chi connectivity index (χ2n) is 4.04. The van der Waals surface area contributed by atoms with E-state index in [1.54, 1.807) is 7.11 Å². The molecule has 0 aromatic heterocycles. The number of carbonyl (C=O) groups is 1. The van der Waals surface area contributed by atoms with Crippen LogP contribution >= 0.6 is 12.4 Å². The fraction of sp³-hybridized carbons (Fsp3) is 0.909. The van der Waals surface area contributed by atoms with Crippen LogP contribution in [0.3, 0.4) is 0 Å². The number of nitrogens with one attached hydrogen (secondary N) is 2. The Bertz CT molecular complexity index is 199. The van der Waals surface area contributed by atoms with Gasteiger partial charge in [0.05, 0.1) is 0 Å². The zero-order valence-electron chi connectivity index (χ0n) is 10.5. The number of methoxy groups -OCH3 is 1. The summed E-state index contributed by atoms with van der Waals surface area (Å²) in [5, 5.41) is 6.24. The average molecular weight is 266 g/mol. The second-order valence-corrected chi connectivity index (χ2v) is 4.04. The highest BCUT2D eigenvalue weighted by Gasteiger charge is 2.08. The van der Waals surface area contributed by atoms with Crippen molar-refractivity contribution in [1.29, 1.82) is 0 Å². The lowest BCUT2D eigenvalue weighted by Gasteiger charge is -2.27. The molecule has 2 N–H and O–H groups in total. The summed E-state index contributed by atoms with van der Waals surface area (Å²) in [6.07, 6.45) is 1.37.